The maximum Gasteiger partial charge on any atom is 0.239 e. The molecule has 2 aromatic heterocycles. The van der Waals surface area contributed by atoms with Gasteiger partial charge in [-0.2, -0.15) is 0 Å². The highest BCUT2D eigenvalue weighted by Gasteiger charge is 2.42. The van der Waals surface area contributed by atoms with Crippen molar-refractivity contribution in [1.29, 1.82) is 0 Å². The molecule has 35 heavy (non-hydrogen) atoms. The molecule has 0 saturated heterocycles. The monoisotopic (exact) mass is 508 g/mol. The minimum absolute atomic E-state index is 0.00570. The van der Waals surface area contributed by atoms with Crippen LogP contribution in [0.4, 0.5) is 13.2 Å². The largest absolute Gasteiger partial charge is 0.467 e. The number of aliphatic imine (C=N–C) groups is 1. The van der Waals surface area contributed by atoms with Gasteiger partial charge in [-0.05, 0) is 30.7 Å². The number of sulfonamides is 1. The Balaban J connectivity index is 1.62. The van der Waals surface area contributed by atoms with Crippen LogP contribution in [0.25, 0.3) is 11.9 Å². The van der Waals surface area contributed by atoms with Crippen molar-refractivity contribution in [2.24, 2.45) is 10.7 Å². The Morgan fingerprint density at radius 2 is 2.06 bits per heavy atom. The zero-order chi connectivity index (χ0) is 25.4. The molecule has 0 spiro atoms. The van der Waals surface area contributed by atoms with Crippen molar-refractivity contribution < 1.29 is 30.7 Å². The molecule has 0 aliphatic carbocycles. The number of hydrogen-bond donors (Lipinski definition) is 1. The van der Waals surface area contributed by atoms with Crippen LogP contribution < -0.4 is 10.5 Å². The van der Waals surface area contributed by atoms with Gasteiger partial charge in [0, 0.05) is 12.6 Å². The van der Waals surface area contributed by atoms with Crippen LogP contribution in [0.3, 0.4) is 0 Å². The molecule has 2 N–H and O–H groups in total. The van der Waals surface area contributed by atoms with Crippen molar-refractivity contribution in [3.8, 4) is 5.88 Å². The van der Waals surface area contributed by atoms with E-state index in [2.05, 4.69) is 19.9 Å². The molecule has 1 aromatic carbocycles. The Bertz CT molecular complexity index is 1410. The fraction of sp³-hybridized carbons (Fsp3) is 0.238. The molecule has 1 atom stereocenters. The number of nitrogens with two attached hydrogens (primary N) is 1. The van der Waals surface area contributed by atoms with Gasteiger partial charge in [-0.1, -0.05) is 0 Å². The normalized spacial score (nSPS) is 20.0. The molecule has 1 unspecified atom stereocenters. The SMILES string of the molecule is CN1C(N)=NC(C)(c2cc(C=C(F)c3cnc(OCc4ncco4)cn3)cc(F)c2F)CS1(=O)=O. The Hall–Kier alpha value is -3.94. The lowest BCUT2D eigenvalue weighted by Gasteiger charge is -2.34. The molecular formula is C21H19F3N6O4S. The molecule has 1 aliphatic heterocycles. The number of ether oxygens (including phenoxy) is 1. The van der Waals surface area contributed by atoms with Gasteiger partial charge < -0.3 is 14.9 Å². The van der Waals surface area contributed by atoms with E-state index in [1.54, 1.807) is 0 Å². The van der Waals surface area contributed by atoms with Crippen molar-refractivity contribution in [2.75, 3.05) is 12.8 Å². The van der Waals surface area contributed by atoms with E-state index in [0.717, 1.165) is 28.7 Å². The Labute approximate surface area is 198 Å². The number of aromatic nitrogens is 3. The summed E-state index contributed by atoms with van der Waals surface area (Å²) in [6.07, 6.45) is 6.00. The van der Waals surface area contributed by atoms with E-state index >= 15 is 0 Å². The Morgan fingerprint density at radius 3 is 2.69 bits per heavy atom. The van der Waals surface area contributed by atoms with E-state index in [-0.39, 0.29) is 29.7 Å². The van der Waals surface area contributed by atoms with Gasteiger partial charge in [0.1, 0.15) is 17.5 Å². The van der Waals surface area contributed by atoms with E-state index in [4.69, 9.17) is 14.9 Å². The third-order valence-corrected chi connectivity index (χ3v) is 7.14. The molecule has 10 nitrogen and oxygen atoms in total. The molecule has 0 saturated carbocycles. The van der Waals surface area contributed by atoms with Gasteiger partial charge in [0.25, 0.3) is 0 Å². The molecule has 3 aromatic rings. The van der Waals surface area contributed by atoms with Crippen molar-refractivity contribution in [3.63, 3.8) is 0 Å². The number of benzene rings is 1. The number of nitrogens with zero attached hydrogens (tertiary/aromatic N) is 5. The molecule has 3 heterocycles. The first-order valence-electron chi connectivity index (χ1n) is 10.0. The zero-order valence-electron chi connectivity index (χ0n) is 18.4. The highest BCUT2D eigenvalue weighted by atomic mass is 32.2. The van der Waals surface area contributed by atoms with Crippen molar-refractivity contribution in [3.05, 3.63) is 71.3 Å². The first-order valence-corrected chi connectivity index (χ1v) is 11.6. The highest BCUT2D eigenvalue weighted by Crippen LogP contribution is 2.35. The summed E-state index contributed by atoms with van der Waals surface area (Å²) in [5, 5.41) is 0. The van der Waals surface area contributed by atoms with Crippen LogP contribution >= 0.6 is 0 Å². The highest BCUT2D eigenvalue weighted by molar-refractivity contribution is 7.89. The van der Waals surface area contributed by atoms with E-state index in [0.29, 0.717) is 5.89 Å². The zero-order valence-corrected chi connectivity index (χ0v) is 19.3. The Kier molecular flexibility index (Phi) is 6.23. The quantitative estimate of drug-likeness (QED) is 0.537. The predicted molar refractivity (Wildman–Crippen MR) is 119 cm³/mol. The number of hydrogen-bond acceptors (Lipinski definition) is 9. The Morgan fingerprint density at radius 1 is 1.29 bits per heavy atom. The van der Waals surface area contributed by atoms with Crippen molar-refractivity contribution in [2.45, 2.75) is 19.1 Å². The fourth-order valence-corrected chi connectivity index (χ4v) is 4.82. The third-order valence-electron chi connectivity index (χ3n) is 5.19. The molecular weight excluding hydrogens is 489 g/mol. The summed E-state index contributed by atoms with van der Waals surface area (Å²) in [5.41, 5.74) is 3.27. The van der Waals surface area contributed by atoms with Crippen molar-refractivity contribution >= 4 is 27.9 Å². The van der Waals surface area contributed by atoms with Gasteiger partial charge in [0.15, 0.2) is 24.1 Å². The topological polar surface area (TPSA) is 137 Å². The van der Waals surface area contributed by atoms with Gasteiger partial charge in [-0.25, -0.2) is 45.8 Å². The molecule has 1 aliphatic rings. The molecule has 0 amide bonds. The van der Waals surface area contributed by atoms with E-state index < -0.39 is 44.3 Å². The van der Waals surface area contributed by atoms with Gasteiger partial charge in [-0.15, -0.1) is 0 Å². The molecule has 0 fully saturated rings. The van der Waals surface area contributed by atoms with Crippen LogP contribution in [0, 0.1) is 11.6 Å². The number of halogens is 3. The third kappa shape index (κ3) is 4.96. The van der Waals surface area contributed by atoms with Crippen LogP contribution in [-0.2, 0) is 22.2 Å². The van der Waals surface area contributed by atoms with Crippen molar-refractivity contribution in [1.82, 2.24) is 19.3 Å². The van der Waals surface area contributed by atoms with Gasteiger partial charge in [0.05, 0.1) is 24.3 Å². The van der Waals surface area contributed by atoms with E-state index in [1.807, 2.05) is 0 Å². The predicted octanol–water partition coefficient (Wildman–Crippen LogP) is 2.59. The average molecular weight is 508 g/mol. The first-order chi connectivity index (χ1) is 16.5. The molecule has 0 radical (unpaired) electrons. The van der Waals surface area contributed by atoms with Crippen LogP contribution in [0.5, 0.6) is 5.88 Å². The minimum atomic E-state index is -3.94. The number of oxazole rings is 1. The van der Waals surface area contributed by atoms with Crippen LogP contribution in [0.1, 0.15) is 29.6 Å². The summed E-state index contributed by atoms with van der Waals surface area (Å²) in [6.45, 7) is 1.29. The summed E-state index contributed by atoms with van der Waals surface area (Å²) in [7, 11) is -2.74. The summed E-state index contributed by atoms with van der Waals surface area (Å²) in [4.78, 5) is 15.8. The molecule has 14 heteroatoms. The molecule has 0 bridgehead atoms. The first kappa shape index (κ1) is 24.2. The maximum atomic E-state index is 14.8. The molecule has 4 rings (SSSR count). The van der Waals surface area contributed by atoms with Gasteiger partial charge >= 0.3 is 0 Å². The second-order valence-electron chi connectivity index (χ2n) is 7.78. The van der Waals surface area contributed by atoms with E-state index in [9.17, 15) is 21.6 Å². The van der Waals surface area contributed by atoms with E-state index in [1.165, 1.54) is 32.6 Å². The summed E-state index contributed by atoms with van der Waals surface area (Å²) >= 11 is 0. The van der Waals surface area contributed by atoms with Gasteiger partial charge in [0.2, 0.25) is 27.8 Å². The van der Waals surface area contributed by atoms with Gasteiger partial charge in [-0.3, -0.25) is 0 Å². The lowest BCUT2D eigenvalue weighted by atomic mass is 9.92. The lowest BCUT2D eigenvalue weighted by Crippen LogP contribution is -2.50. The standard InChI is InChI=1S/C21H19F3N6O4S/c1-21(11-35(31,32)30(2)20(25)29-21)13-5-12(7-15(23)19(13)24)6-14(22)16-8-28-17(9-27-16)34-10-18-26-3-4-33-18/h3-9H,10-11H2,1-2H3,(H2,25,29). The number of guanidine groups is 1. The molecule has 184 valence electrons. The minimum Gasteiger partial charge on any atom is -0.467 e. The summed E-state index contributed by atoms with van der Waals surface area (Å²) in [5.74, 6) is -4.18. The maximum absolute atomic E-state index is 14.8. The lowest BCUT2D eigenvalue weighted by molar-refractivity contribution is 0.252. The van der Waals surface area contributed by atoms with Crippen LogP contribution in [0.2, 0.25) is 0 Å². The number of rotatable bonds is 6. The van der Waals surface area contributed by atoms with Crippen LogP contribution in [0.15, 0.2) is 46.4 Å². The second kappa shape index (κ2) is 9.02. The fourth-order valence-electron chi connectivity index (χ4n) is 3.37. The summed E-state index contributed by atoms with van der Waals surface area (Å²) < 4.78 is 79.9. The summed E-state index contributed by atoms with van der Waals surface area (Å²) in [6, 6.07) is 1.87. The second-order valence-corrected chi connectivity index (χ2v) is 9.78. The van der Waals surface area contributed by atoms with Crippen LogP contribution in [-0.4, -0.2) is 46.4 Å². The smallest absolute Gasteiger partial charge is 0.239 e. The average Bonchev–Trinajstić information content (AvgIpc) is 3.32.